The van der Waals surface area contributed by atoms with E-state index in [4.69, 9.17) is 17.3 Å². The van der Waals surface area contributed by atoms with Crippen molar-refractivity contribution in [3.63, 3.8) is 0 Å². The molecular formula is C12H9ClF3N3O. The standard InChI is InChI=1S/C12H9ClF3N3O/c13-8-5-7(17)6-18-11(8)19-9-3-1-2-4-10(9)20-12(14,15)16/h1-6H,17H2,(H,18,19). The van der Waals surface area contributed by atoms with Crippen molar-refractivity contribution in [3.05, 3.63) is 41.6 Å². The maximum absolute atomic E-state index is 12.3. The highest BCUT2D eigenvalue weighted by Gasteiger charge is 2.32. The summed E-state index contributed by atoms with van der Waals surface area (Å²) in [5.74, 6) is -0.200. The van der Waals surface area contributed by atoms with Crippen LogP contribution in [0.25, 0.3) is 0 Å². The minimum absolute atomic E-state index is 0.0870. The van der Waals surface area contributed by atoms with Gasteiger partial charge in [-0.3, -0.25) is 0 Å². The number of ether oxygens (including phenoxy) is 1. The van der Waals surface area contributed by atoms with Gasteiger partial charge in [0.15, 0.2) is 5.75 Å². The van der Waals surface area contributed by atoms with Crippen molar-refractivity contribution in [1.82, 2.24) is 4.98 Å². The van der Waals surface area contributed by atoms with Gasteiger partial charge in [0.25, 0.3) is 0 Å². The van der Waals surface area contributed by atoms with E-state index >= 15 is 0 Å². The predicted octanol–water partition coefficient (Wildman–Crippen LogP) is 3.96. The van der Waals surface area contributed by atoms with E-state index in [0.29, 0.717) is 5.69 Å². The normalized spacial score (nSPS) is 11.2. The molecule has 0 spiro atoms. The minimum Gasteiger partial charge on any atom is -0.404 e. The molecule has 8 heteroatoms. The lowest BCUT2D eigenvalue weighted by Crippen LogP contribution is -2.17. The van der Waals surface area contributed by atoms with Crippen LogP contribution in [0.4, 0.5) is 30.4 Å². The Morgan fingerprint density at radius 1 is 1.25 bits per heavy atom. The summed E-state index contributed by atoms with van der Waals surface area (Å²) in [5, 5.41) is 2.85. The van der Waals surface area contributed by atoms with Gasteiger partial charge in [0.2, 0.25) is 0 Å². The number of nitrogens with zero attached hydrogens (tertiary/aromatic N) is 1. The lowest BCUT2D eigenvalue weighted by Gasteiger charge is -2.14. The number of para-hydroxylation sites is 2. The van der Waals surface area contributed by atoms with Gasteiger partial charge in [0, 0.05) is 0 Å². The van der Waals surface area contributed by atoms with E-state index in [0.717, 1.165) is 0 Å². The average molecular weight is 304 g/mol. The second kappa shape index (κ2) is 5.46. The Hall–Kier alpha value is -2.15. The van der Waals surface area contributed by atoms with Gasteiger partial charge in [-0.1, -0.05) is 23.7 Å². The van der Waals surface area contributed by atoms with E-state index in [1.165, 1.54) is 30.5 Å². The zero-order valence-corrected chi connectivity index (χ0v) is 10.7. The number of benzene rings is 1. The Labute approximate surface area is 117 Å². The molecule has 0 aliphatic rings. The molecule has 1 aromatic carbocycles. The van der Waals surface area contributed by atoms with Crippen LogP contribution in [0, 0.1) is 0 Å². The van der Waals surface area contributed by atoms with Crippen LogP contribution >= 0.6 is 11.6 Å². The zero-order chi connectivity index (χ0) is 14.8. The van der Waals surface area contributed by atoms with Gasteiger partial charge in [-0.05, 0) is 18.2 Å². The molecule has 0 radical (unpaired) electrons. The van der Waals surface area contributed by atoms with Gasteiger partial charge in [-0.2, -0.15) is 0 Å². The fraction of sp³-hybridized carbons (Fsp3) is 0.0833. The summed E-state index contributed by atoms with van der Waals surface area (Å²) in [4.78, 5) is 3.91. The van der Waals surface area contributed by atoms with Gasteiger partial charge in [-0.15, -0.1) is 13.2 Å². The zero-order valence-electron chi connectivity index (χ0n) is 9.91. The Bertz CT molecular complexity index is 619. The Morgan fingerprint density at radius 3 is 2.60 bits per heavy atom. The molecule has 1 aromatic heterocycles. The van der Waals surface area contributed by atoms with Gasteiger partial charge >= 0.3 is 6.36 Å². The summed E-state index contributed by atoms with van der Waals surface area (Å²) in [6, 6.07) is 7.00. The molecule has 4 nitrogen and oxygen atoms in total. The van der Waals surface area contributed by atoms with Gasteiger partial charge < -0.3 is 15.8 Å². The minimum atomic E-state index is -4.78. The number of anilines is 3. The summed E-state index contributed by atoms with van der Waals surface area (Å²) in [6.07, 6.45) is -3.45. The highest BCUT2D eigenvalue weighted by Crippen LogP contribution is 2.33. The summed E-state index contributed by atoms with van der Waals surface area (Å²) in [6.45, 7) is 0. The molecule has 0 aliphatic heterocycles. The topological polar surface area (TPSA) is 60.2 Å². The third-order valence-electron chi connectivity index (χ3n) is 2.23. The molecule has 0 saturated carbocycles. The number of aromatic nitrogens is 1. The monoisotopic (exact) mass is 303 g/mol. The first kappa shape index (κ1) is 14.3. The smallest absolute Gasteiger partial charge is 0.404 e. The quantitative estimate of drug-likeness (QED) is 0.901. The Kier molecular flexibility index (Phi) is 3.89. The highest BCUT2D eigenvalue weighted by atomic mass is 35.5. The maximum Gasteiger partial charge on any atom is 0.573 e. The average Bonchev–Trinajstić information content (AvgIpc) is 2.33. The maximum atomic E-state index is 12.3. The van der Waals surface area contributed by atoms with Crippen LogP contribution in [0.15, 0.2) is 36.5 Å². The predicted molar refractivity (Wildman–Crippen MR) is 70.1 cm³/mol. The lowest BCUT2D eigenvalue weighted by atomic mass is 10.3. The molecule has 0 aliphatic carbocycles. The molecule has 0 amide bonds. The van der Waals surface area contributed by atoms with Crippen molar-refractivity contribution in [1.29, 1.82) is 0 Å². The molecule has 3 N–H and O–H groups in total. The first-order valence-electron chi connectivity index (χ1n) is 5.38. The van der Waals surface area contributed by atoms with E-state index in [-0.39, 0.29) is 22.3 Å². The number of alkyl halides is 3. The molecule has 2 rings (SSSR count). The van der Waals surface area contributed by atoms with E-state index in [2.05, 4.69) is 15.0 Å². The van der Waals surface area contributed by atoms with Crippen LogP contribution in [-0.2, 0) is 0 Å². The largest absolute Gasteiger partial charge is 0.573 e. The van der Waals surface area contributed by atoms with Crippen molar-refractivity contribution in [2.75, 3.05) is 11.1 Å². The van der Waals surface area contributed by atoms with Crippen LogP contribution in [0.3, 0.4) is 0 Å². The number of nitrogen functional groups attached to an aromatic ring is 1. The van der Waals surface area contributed by atoms with Gasteiger partial charge in [0.1, 0.15) is 5.82 Å². The third kappa shape index (κ3) is 3.67. The van der Waals surface area contributed by atoms with Crippen LogP contribution < -0.4 is 15.8 Å². The molecule has 0 unspecified atom stereocenters. The second-order valence-corrected chi connectivity index (χ2v) is 4.18. The molecule has 0 saturated heterocycles. The van der Waals surface area contributed by atoms with Crippen LogP contribution in [0.5, 0.6) is 5.75 Å². The van der Waals surface area contributed by atoms with Crippen LogP contribution in [0.1, 0.15) is 0 Å². The fourth-order valence-electron chi connectivity index (χ4n) is 1.46. The van der Waals surface area contributed by atoms with Crippen molar-refractivity contribution in [2.24, 2.45) is 0 Å². The Morgan fingerprint density at radius 2 is 1.95 bits per heavy atom. The molecule has 106 valence electrons. The molecule has 0 fully saturated rings. The van der Waals surface area contributed by atoms with Crippen molar-refractivity contribution in [3.8, 4) is 5.75 Å². The number of pyridine rings is 1. The number of nitrogens with one attached hydrogen (secondary N) is 1. The Balaban J connectivity index is 2.29. The van der Waals surface area contributed by atoms with Crippen molar-refractivity contribution in [2.45, 2.75) is 6.36 Å². The van der Waals surface area contributed by atoms with Gasteiger partial charge in [-0.25, -0.2) is 4.98 Å². The van der Waals surface area contributed by atoms with Crippen molar-refractivity contribution >= 4 is 28.8 Å². The van der Waals surface area contributed by atoms with E-state index < -0.39 is 6.36 Å². The fourth-order valence-corrected chi connectivity index (χ4v) is 1.68. The first-order chi connectivity index (χ1) is 9.35. The molecule has 0 bridgehead atoms. The number of halogens is 4. The first-order valence-corrected chi connectivity index (χ1v) is 5.76. The van der Waals surface area contributed by atoms with Gasteiger partial charge in [0.05, 0.1) is 22.6 Å². The lowest BCUT2D eigenvalue weighted by molar-refractivity contribution is -0.274. The summed E-state index contributed by atoms with van der Waals surface area (Å²) in [5.41, 5.74) is 5.92. The van der Waals surface area contributed by atoms with E-state index in [1.807, 2.05) is 0 Å². The summed E-state index contributed by atoms with van der Waals surface area (Å²) in [7, 11) is 0. The van der Waals surface area contributed by atoms with Crippen molar-refractivity contribution < 1.29 is 17.9 Å². The summed E-state index contributed by atoms with van der Waals surface area (Å²) < 4.78 is 40.8. The third-order valence-corrected chi connectivity index (χ3v) is 2.52. The number of hydrogen-bond acceptors (Lipinski definition) is 4. The van der Waals surface area contributed by atoms with Crippen LogP contribution in [-0.4, -0.2) is 11.3 Å². The molecule has 20 heavy (non-hydrogen) atoms. The molecule has 1 heterocycles. The number of hydrogen-bond donors (Lipinski definition) is 2. The number of nitrogens with two attached hydrogens (primary N) is 1. The van der Waals surface area contributed by atoms with E-state index in [9.17, 15) is 13.2 Å². The summed E-state index contributed by atoms with van der Waals surface area (Å²) >= 11 is 5.90. The highest BCUT2D eigenvalue weighted by molar-refractivity contribution is 6.33. The molecular weight excluding hydrogens is 295 g/mol. The molecule has 0 atom stereocenters. The van der Waals surface area contributed by atoms with E-state index in [1.54, 1.807) is 6.07 Å². The van der Waals surface area contributed by atoms with Crippen LogP contribution in [0.2, 0.25) is 5.02 Å². The number of rotatable bonds is 3. The molecule has 2 aromatic rings. The second-order valence-electron chi connectivity index (χ2n) is 3.77. The SMILES string of the molecule is Nc1cnc(Nc2ccccc2OC(F)(F)F)c(Cl)c1.